The highest BCUT2D eigenvalue weighted by molar-refractivity contribution is 5.66. The lowest BCUT2D eigenvalue weighted by molar-refractivity contribution is -0.198. The number of fused-ring (bicyclic) bond motifs is 7. The molecule has 5 rings (SSSR count). The second-order valence-electron chi connectivity index (χ2n) is 15.9. The molecule has 0 N–H and O–H groups in total. The van der Waals surface area contributed by atoms with E-state index >= 15 is 0 Å². The molecule has 2 nitrogen and oxygen atoms in total. The topological polar surface area (TPSA) is 26.3 Å². The van der Waals surface area contributed by atoms with Crippen molar-refractivity contribution in [3.05, 3.63) is 11.6 Å². The van der Waals surface area contributed by atoms with Crippen LogP contribution in [-0.2, 0) is 9.53 Å². The number of ether oxygens (including phenoxy) is 1. The van der Waals surface area contributed by atoms with Crippen LogP contribution >= 0.6 is 0 Å². The molecule has 0 aromatic carbocycles. The van der Waals surface area contributed by atoms with E-state index in [4.69, 9.17) is 4.74 Å². The number of carbonyl (C=O) groups excluding carboxylic acids is 1. The maximum Gasteiger partial charge on any atom is 0.302 e. The third kappa shape index (κ3) is 3.28. The van der Waals surface area contributed by atoms with E-state index in [0.29, 0.717) is 33.0 Å². The van der Waals surface area contributed by atoms with Crippen LogP contribution in [0.4, 0.5) is 0 Å². The van der Waals surface area contributed by atoms with E-state index in [-0.39, 0.29) is 17.5 Å². The van der Waals surface area contributed by atoms with Crippen LogP contribution in [-0.4, -0.2) is 12.1 Å². The molecule has 0 aromatic heterocycles. The van der Waals surface area contributed by atoms with Gasteiger partial charge in [0.25, 0.3) is 0 Å². The van der Waals surface area contributed by atoms with Crippen LogP contribution in [0.5, 0.6) is 0 Å². The van der Waals surface area contributed by atoms with E-state index in [9.17, 15) is 4.79 Å². The van der Waals surface area contributed by atoms with E-state index in [0.717, 1.165) is 18.3 Å². The van der Waals surface area contributed by atoms with Crippen molar-refractivity contribution < 1.29 is 9.53 Å². The van der Waals surface area contributed by atoms with Gasteiger partial charge in [-0.3, -0.25) is 4.79 Å². The van der Waals surface area contributed by atoms with Gasteiger partial charge in [-0.25, -0.2) is 0 Å². The average molecular weight is 469 g/mol. The van der Waals surface area contributed by atoms with Gasteiger partial charge >= 0.3 is 5.97 Å². The van der Waals surface area contributed by atoms with Gasteiger partial charge in [-0.15, -0.1) is 0 Å². The minimum absolute atomic E-state index is 0.0493. The molecule has 192 valence electrons. The zero-order valence-corrected chi connectivity index (χ0v) is 23.8. The summed E-state index contributed by atoms with van der Waals surface area (Å²) < 4.78 is 5.90. The Bertz CT molecular complexity index is 897. The second kappa shape index (κ2) is 7.38. The molecule has 0 heterocycles. The van der Waals surface area contributed by atoms with Crippen molar-refractivity contribution in [3.63, 3.8) is 0 Å². The van der Waals surface area contributed by atoms with Crippen LogP contribution in [0.2, 0.25) is 0 Å². The molecule has 0 bridgehead atoms. The molecular weight excluding hydrogens is 416 g/mol. The number of hydrogen-bond donors (Lipinski definition) is 0. The molecule has 4 fully saturated rings. The minimum atomic E-state index is -0.110. The van der Waals surface area contributed by atoms with E-state index in [1.54, 1.807) is 6.92 Å². The summed E-state index contributed by atoms with van der Waals surface area (Å²) in [6, 6.07) is 0. The first-order valence-electron chi connectivity index (χ1n) is 14.5. The van der Waals surface area contributed by atoms with E-state index in [2.05, 4.69) is 61.5 Å². The summed E-state index contributed by atoms with van der Waals surface area (Å²) >= 11 is 0. The van der Waals surface area contributed by atoms with Crippen molar-refractivity contribution in [1.29, 1.82) is 0 Å². The van der Waals surface area contributed by atoms with Crippen LogP contribution < -0.4 is 0 Å². The summed E-state index contributed by atoms with van der Waals surface area (Å²) in [5, 5.41) is 0. The molecule has 0 aliphatic heterocycles. The summed E-state index contributed by atoms with van der Waals surface area (Å²) in [5.41, 5.74) is 3.90. The third-order valence-corrected chi connectivity index (χ3v) is 13.0. The summed E-state index contributed by atoms with van der Waals surface area (Å²) in [5.74, 6) is 2.09. The zero-order chi connectivity index (χ0) is 24.9. The minimum Gasteiger partial charge on any atom is -0.462 e. The van der Waals surface area contributed by atoms with Gasteiger partial charge < -0.3 is 4.74 Å². The monoisotopic (exact) mass is 468 g/mol. The van der Waals surface area contributed by atoms with Gasteiger partial charge in [-0.1, -0.05) is 67.0 Å². The lowest BCUT2D eigenvalue weighted by Gasteiger charge is -2.70. The fourth-order valence-corrected chi connectivity index (χ4v) is 11.2. The fraction of sp³-hybridized carbons (Fsp3) is 0.906. The van der Waals surface area contributed by atoms with E-state index in [1.165, 1.54) is 57.8 Å². The summed E-state index contributed by atoms with van der Waals surface area (Å²) in [7, 11) is 0. The van der Waals surface area contributed by atoms with Gasteiger partial charge in [-0.05, 0) is 109 Å². The molecule has 0 radical (unpaired) electrons. The first-order valence-corrected chi connectivity index (χ1v) is 14.5. The van der Waals surface area contributed by atoms with Gasteiger partial charge in [0.05, 0.1) is 0 Å². The van der Waals surface area contributed by atoms with Crippen LogP contribution in [0.15, 0.2) is 11.6 Å². The van der Waals surface area contributed by atoms with E-state index < -0.39 is 0 Å². The maximum absolute atomic E-state index is 11.9. The molecule has 34 heavy (non-hydrogen) atoms. The molecule has 5 aliphatic carbocycles. The van der Waals surface area contributed by atoms with Crippen molar-refractivity contribution in [3.8, 4) is 0 Å². The molecule has 5 aliphatic rings. The molecule has 4 saturated carbocycles. The number of allylic oxidation sites excluding steroid dienone is 2. The van der Waals surface area contributed by atoms with Crippen LogP contribution in [0.1, 0.15) is 127 Å². The highest BCUT2D eigenvalue weighted by Gasteiger charge is 2.67. The Morgan fingerprint density at radius 2 is 1.41 bits per heavy atom. The molecule has 2 heteroatoms. The van der Waals surface area contributed by atoms with Gasteiger partial charge in [0, 0.05) is 12.3 Å². The third-order valence-electron chi connectivity index (χ3n) is 13.0. The van der Waals surface area contributed by atoms with Crippen LogP contribution in [0.25, 0.3) is 0 Å². The second-order valence-corrected chi connectivity index (χ2v) is 15.9. The maximum atomic E-state index is 11.9. The van der Waals surface area contributed by atoms with Crippen molar-refractivity contribution in [2.75, 3.05) is 0 Å². The quantitative estimate of drug-likeness (QED) is 0.284. The Morgan fingerprint density at radius 3 is 2.06 bits per heavy atom. The SMILES string of the molecule is CC(=O)OC1CC[C@@]2(C)C(CC[C@@]3(C)C4=CC[C@@]5(C)CCC(C)(C)CC5[C@]4(C)CCC23)C1(C)C. The Morgan fingerprint density at radius 1 is 0.794 bits per heavy atom. The van der Waals surface area contributed by atoms with Crippen molar-refractivity contribution in [2.45, 2.75) is 133 Å². The number of esters is 1. The molecule has 4 unspecified atom stereocenters. The molecule has 0 spiro atoms. The number of rotatable bonds is 1. The molecule has 8 atom stereocenters. The van der Waals surface area contributed by atoms with Gasteiger partial charge in [0.2, 0.25) is 0 Å². The largest absolute Gasteiger partial charge is 0.462 e. The summed E-state index contributed by atoms with van der Waals surface area (Å²) in [4.78, 5) is 11.9. The Balaban J connectivity index is 1.51. The smallest absolute Gasteiger partial charge is 0.302 e. The standard InChI is InChI=1S/C32H52O2/c1-21(33)34-26-13-17-30(7)22(28(26,4)5)11-15-31(8)23-10-14-29(6)19-18-27(2,3)20-25(29)32(23,9)16-12-24(30)31/h10,22,24-26H,11-20H2,1-9H3/t22?,24?,25?,26?,29-,30-,31-,32+/m0/s1. The van der Waals surface area contributed by atoms with Gasteiger partial charge in [-0.2, -0.15) is 0 Å². The Kier molecular flexibility index (Phi) is 5.40. The zero-order valence-electron chi connectivity index (χ0n) is 23.8. The average Bonchev–Trinajstić information content (AvgIpc) is 2.70. The first kappa shape index (κ1) is 24.9. The van der Waals surface area contributed by atoms with Gasteiger partial charge in [0.1, 0.15) is 6.10 Å². The lowest BCUT2D eigenvalue weighted by atomic mass is 9.34. The predicted octanol–water partition coefficient (Wildman–Crippen LogP) is 8.74. The molecule has 0 amide bonds. The summed E-state index contributed by atoms with van der Waals surface area (Å²) in [6.07, 6.45) is 15.9. The van der Waals surface area contributed by atoms with Crippen LogP contribution in [0.3, 0.4) is 0 Å². The highest BCUT2D eigenvalue weighted by Crippen LogP contribution is 2.75. The van der Waals surface area contributed by atoms with Crippen molar-refractivity contribution in [1.82, 2.24) is 0 Å². The lowest BCUT2D eigenvalue weighted by Crippen LogP contribution is -2.63. The van der Waals surface area contributed by atoms with Crippen molar-refractivity contribution in [2.24, 2.45) is 50.2 Å². The fourth-order valence-electron chi connectivity index (χ4n) is 11.2. The Labute approximate surface area is 210 Å². The first-order chi connectivity index (χ1) is 15.6. The van der Waals surface area contributed by atoms with E-state index in [1.807, 2.05) is 5.57 Å². The summed E-state index contributed by atoms with van der Waals surface area (Å²) in [6.45, 7) is 22.0. The predicted molar refractivity (Wildman–Crippen MR) is 140 cm³/mol. The molecule has 0 saturated heterocycles. The normalized spacial score (nSPS) is 51.1. The van der Waals surface area contributed by atoms with Gasteiger partial charge in [0.15, 0.2) is 0 Å². The highest BCUT2D eigenvalue weighted by atomic mass is 16.5. The molecular formula is C32H52O2. The van der Waals surface area contributed by atoms with Crippen molar-refractivity contribution >= 4 is 5.97 Å². The Hall–Kier alpha value is -0.790. The number of carbonyl (C=O) groups is 1. The van der Waals surface area contributed by atoms with Crippen LogP contribution in [0, 0.1) is 50.2 Å². The number of hydrogen-bond acceptors (Lipinski definition) is 2. The molecule has 0 aromatic rings.